The number of carbonyl (C=O) groups is 1. The van der Waals surface area contributed by atoms with Crippen LogP contribution in [0, 0.1) is 5.82 Å². The van der Waals surface area contributed by atoms with Crippen molar-refractivity contribution in [1.82, 2.24) is 15.1 Å². The Hall–Kier alpha value is -2.99. The second-order valence-corrected chi connectivity index (χ2v) is 7.00. The van der Waals surface area contributed by atoms with Gasteiger partial charge < -0.3 is 5.32 Å². The van der Waals surface area contributed by atoms with Crippen LogP contribution in [0.4, 0.5) is 4.39 Å². The van der Waals surface area contributed by atoms with Gasteiger partial charge in [-0.2, -0.15) is 5.10 Å². The van der Waals surface area contributed by atoms with Crippen LogP contribution in [0.25, 0.3) is 16.6 Å². The van der Waals surface area contributed by atoms with Crippen LogP contribution in [0.5, 0.6) is 0 Å². The lowest BCUT2D eigenvalue weighted by atomic mass is 10.1. The highest BCUT2D eigenvalue weighted by molar-refractivity contribution is 9.10. The van der Waals surface area contributed by atoms with Gasteiger partial charge in [-0.15, -0.1) is 0 Å². The van der Waals surface area contributed by atoms with E-state index in [4.69, 9.17) is 0 Å². The van der Waals surface area contributed by atoms with E-state index in [1.54, 1.807) is 29.1 Å². The quantitative estimate of drug-likeness (QED) is 0.509. The number of carbonyl (C=O) groups excluding carboxylic acids is 1. The molecule has 3 aromatic carbocycles. The van der Waals surface area contributed by atoms with E-state index in [1.165, 1.54) is 12.1 Å². The lowest BCUT2D eigenvalue weighted by molar-refractivity contribution is 0.0952. The van der Waals surface area contributed by atoms with E-state index in [0.717, 1.165) is 26.6 Å². The van der Waals surface area contributed by atoms with Gasteiger partial charge in [-0.3, -0.25) is 4.79 Å². The van der Waals surface area contributed by atoms with Gasteiger partial charge in [-0.05, 0) is 54.1 Å². The van der Waals surface area contributed by atoms with Crippen LogP contribution in [0.2, 0.25) is 0 Å². The van der Waals surface area contributed by atoms with E-state index in [9.17, 15) is 9.18 Å². The fraction of sp³-hybridized carbons (Fsp3) is 0.0476. The number of nitrogens with zero attached hydrogens (tertiary/aromatic N) is 2. The Labute approximate surface area is 163 Å². The lowest BCUT2D eigenvalue weighted by Gasteiger charge is -2.08. The van der Waals surface area contributed by atoms with Crippen LogP contribution in [0.15, 0.2) is 77.4 Å². The van der Waals surface area contributed by atoms with Crippen LogP contribution in [-0.2, 0) is 6.54 Å². The average Bonchev–Trinajstić information content (AvgIpc) is 3.12. The molecule has 1 N–H and O–H groups in total. The van der Waals surface area contributed by atoms with Gasteiger partial charge in [0.15, 0.2) is 0 Å². The van der Waals surface area contributed by atoms with Crippen molar-refractivity contribution in [2.24, 2.45) is 0 Å². The van der Waals surface area contributed by atoms with Gasteiger partial charge in [-0.25, -0.2) is 9.07 Å². The molecule has 1 heterocycles. The molecule has 0 spiro atoms. The molecule has 0 unspecified atom stereocenters. The second-order valence-electron chi connectivity index (χ2n) is 6.08. The van der Waals surface area contributed by atoms with Crippen molar-refractivity contribution in [3.63, 3.8) is 0 Å². The summed E-state index contributed by atoms with van der Waals surface area (Å²) in [6, 6.07) is 19.4. The van der Waals surface area contributed by atoms with Gasteiger partial charge in [0.1, 0.15) is 5.82 Å². The summed E-state index contributed by atoms with van der Waals surface area (Å²) < 4.78 is 15.9. The zero-order valence-electron chi connectivity index (χ0n) is 14.2. The number of rotatable bonds is 4. The van der Waals surface area contributed by atoms with Gasteiger partial charge in [0.2, 0.25) is 0 Å². The first-order chi connectivity index (χ1) is 13.1. The zero-order valence-corrected chi connectivity index (χ0v) is 15.8. The Bertz CT molecular complexity index is 1100. The Morgan fingerprint density at radius 3 is 2.52 bits per heavy atom. The van der Waals surface area contributed by atoms with Crippen molar-refractivity contribution in [2.45, 2.75) is 6.54 Å². The Balaban J connectivity index is 1.61. The third kappa shape index (κ3) is 3.61. The number of nitrogens with one attached hydrogen (secondary N) is 1. The number of halogens is 2. The predicted octanol–water partition coefficient (Wildman–Crippen LogP) is 4.86. The smallest absolute Gasteiger partial charge is 0.252 e. The van der Waals surface area contributed by atoms with Crippen LogP contribution < -0.4 is 5.32 Å². The summed E-state index contributed by atoms with van der Waals surface area (Å²) in [5.41, 5.74) is 3.09. The van der Waals surface area contributed by atoms with Gasteiger partial charge in [-0.1, -0.05) is 34.1 Å². The number of fused-ring (bicyclic) bond motifs is 1. The van der Waals surface area contributed by atoms with Crippen LogP contribution >= 0.6 is 15.9 Å². The van der Waals surface area contributed by atoms with E-state index in [1.807, 2.05) is 36.4 Å². The summed E-state index contributed by atoms with van der Waals surface area (Å²) in [6.45, 7) is 0.439. The SMILES string of the molecule is O=C(NCc1ccc(Br)cc1)c1cccc2c1cnn2-c1ccc(F)cc1. The molecule has 4 nitrogen and oxygen atoms in total. The number of aromatic nitrogens is 2. The fourth-order valence-electron chi connectivity index (χ4n) is 2.92. The first-order valence-corrected chi connectivity index (χ1v) is 9.16. The maximum Gasteiger partial charge on any atom is 0.252 e. The standard InChI is InChI=1S/C21H15BrFN3O/c22-15-6-4-14(5-7-15)12-24-21(27)18-2-1-3-20-19(18)13-25-26(20)17-10-8-16(23)9-11-17/h1-11,13H,12H2,(H,24,27). The van der Waals surface area contributed by atoms with Gasteiger partial charge >= 0.3 is 0 Å². The molecule has 0 saturated heterocycles. The molecule has 4 rings (SSSR count). The van der Waals surface area contributed by atoms with Crippen molar-refractivity contribution in [3.05, 3.63) is 94.3 Å². The molecule has 0 bridgehead atoms. The van der Waals surface area contributed by atoms with Crippen molar-refractivity contribution in [1.29, 1.82) is 0 Å². The fourth-order valence-corrected chi connectivity index (χ4v) is 3.18. The summed E-state index contributed by atoms with van der Waals surface area (Å²) in [4.78, 5) is 12.7. The average molecular weight is 424 g/mol. The van der Waals surface area contributed by atoms with Crippen LogP contribution in [0.1, 0.15) is 15.9 Å². The minimum absolute atomic E-state index is 0.165. The van der Waals surface area contributed by atoms with E-state index < -0.39 is 0 Å². The second kappa shape index (κ2) is 7.32. The molecule has 1 aromatic heterocycles. The van der Waals surface area contributed by atoms with Crippen molar-refractivity contribution >= 4 is 32.7 Å². The molecular weight excluding hydrogens is 409 g/mol. The third-order valence-electron chi connectivity index (χ3n) is 4.30. The topological polar surface area (TPSA) is 46.9 Å². The third-order valence-corrected chi connectivity index (χ3v) is 4.82. The van der Waals surface area contributed by atoms with Crippen molar-refractivity contribution in [3.8, 4) is 5.69 Å². The maximum absolute atomic E-state index is 13.2. The number of amides is 1. The normalized spacial score (nSPS) is 10.9. The Morgan fingerprint density at radius 1 is 1.04 bits per heavy atom. The highest BCUT2D eigenvalue weighted by Gasteiger charge is 2.14. The molecule has 0 fully saturated rings. The summed E-state index contributed by atoms with van der Waals surface area (Å²) >= 11 is 3.40. The van der Waals surface area contributed by atoms with E-state index in [2.05, 4.69) is 26.3 Å². The minimum Gasteiger partial charge on any atom is -0.348 e. The Morgan fingerprint density at radius 2 is 1.78 bits per heavy atom. The van der Waals surface area contributed by atoms with Gasteiger partial charge in [0, 0.05) is 16.4 Å². The maximum atomic E-state index is 13.2. The number of hydrogen-bond acceptors (Lipinski definition) is 2. The summed E-state index contributed by atoms with van der Waals surface area (Å²) in [5, 5.41) is 8.06. The van der Waals surface area contributed by atoms with Crippen molar-refractivity contribution in [2.75, 3.05) is 0 Å². The van der Waals surface area contributed by atoms with Crippen LogP contribution in [0.3, 0.4) is 0 Å². The molecule has 0 aliphatic heterocycles. The van der Waals surface area contributed by atoms with Gasteiger partial charge in [0.25, 0.3) is 5.91 Å². The molecule has 0 atom stereocenters. The predicted molar refractivity (Wildman–Crippen MR) is 106 cm³/mol. The molecule has 0 radical (unpaired) electrons. The molecular formula is C21H15BrFN3O. The highest BCUT2D eigenvalue weighted by atomic mass is 79.9. The van der Waals surface area contributed by atoms with Crippen LogP contribution in [-0.4, -0.2) is 15.7 Å². The minimum atomic E-state index is -0.303. The van der Waals surface area contributed by atoms with Gasteiger partial charge in [0.05, 0.1) is 23.0 Å². The molecule has 0 aliphatic rings. The number of benzene rings is 3. The molecule has 27 heavy (non-hydrogen) atoms. The highest BCUT2D eigenvalue weighted by Crippen LogP contribution is 2.22. The monoisotopic (exact) mass is 423 g/mol. The summed E-state index contributed by atoms with van der Waals surface area (Å²) in [6.07, 6.45) is 1.66. The first-order valence-electron chi connectivity index (χ1n) is 8.37. The van der Waals surface area contributed by atoms with E-state index >= 15 is 0 Å². The Kier molecular flexibility index (Phi) is 4.73. The molecule has 1 amide bonds. The zero-order chi connectivity index (χ0) is 18.8. The molecule has 0 saturated carbocycles. The first kappa shape index (κ1) is 17.4. The molecule has 0 aliphatic carbocycles. The molecule has 6 heteroatoms. The van der Waals surface area contributed by atoms with E-state index in [0.29, 0.717) is 12.1 Å². The number of hydrogen-bond donors (Lipinski definition) is 1. The molecule has 134 valence electrons. The van der Waals surface area contributed by atoms with Crippen molar-refractivity contribution < 1.29 is 9.18 Å². The largest absolute Gasteiger partial charge is 0.348 e. The summed E-state index contributed by atoms with van der Waals surface area (Å²) in [7, 11) is 0. The van der Waals surface area contributed by atoms with E-state index in [-0.39, 0.29) is 11.7 Å². The molecule has 4 aromatic rings. The summed E-state index contributed by atoms with van der Waals surface area (Å²) in [5.74, 6) is -0.467. The lowest BCUT2D eigenvalue weighted by Crippen LogP contribution is -2.22.